The smallest absolute Gasteiger partial charge is 0.251 e. The zero-order chi connectivity index (χ0) is 19.3. The molecule has 6 heteroatoms. The van der Waals surface area contributed by atoms with Gasteiger partial charge in [0.15, 0.2) is 0 Å². The lowest BCUT2D eigenvalue weighted by Crippen LogP contribution is -2.29. The van der Waals surface area contributed by atoms with Gasteiger partial charge < -0.3 is 5.32 Å². The van der Waals surface area contributed by atoms with Gasteiger partial charge in [-0.3, -0.25) is 4.79 Å². The molecule has 144 valence electrons. The first-order valence-corrected chi connectivity index (χ1v) is 10.9. The number of carbonyl (C=O) groups excluding carboxylic acids is 1. The summed E-state index contributed by atoms with van der Waals surface area (Å²) in [7, 11) is -3.45. The summed E-state index contributed by atoms with van der Waals surface area (Å²) in [5.41, 5.74) is 1.67. The van der Waals surface area contributed by atoms with Crippen molar-refractivity contribution in [3.8, 4) is 0 Å². The van der Waals surface area contributed by atoms with E-state index in [2.05, 4.69) is 24.4 Å². The van der Waals surface area contributed by atoms with E-state index in [1.807, 2.05) is 18.2 Å². The van der Waals surface area contributed by atoms with Crippen molar-refractivity contribution >= 4 is 15.9 Å². The molecule has 5 nitrogen and oxygen atoms in total. The molecule has 1 atom stereocenters. The minimum atomic E-state index is -3.45. The van der Waals surface area contributed by atoms with Crippen molar-refractivity contribution in [1.82, 2.24) is 9.62 Å². The molecule has 1 N–H and O–H groups in total. The van der Waals surface area contributed by atoms with E-state index < -0.39 is 10.0 Å². The van der Waals surface area contributed by atoms with Gasteiger partial charge in [0.1, 0.15) is 0 Å². The zero-order valence-corrected chi connectivity index (χ0v) is 16.4. The fraction of sp³-hybridized carbons (Fsp3) is 0.381. The van der Waals surface area contributed by atoms with Crippen LogP contribution in [0, 0.1) is 0 Å². The zero-order valence-electron chi connectivity index (χ0n) is 15.6. The summed E-state index contributed by atoms with van der Waals surface area (Å²) in [6.07, 6.45) is 2.73. The highest BCUT2D eigenvalue weighted by Gasteiger charge is 2.27. The predicted octanol–water partition coefficient (Wildman–Crippen LogP) is 3.39. The summed E-state index contributed by atoms with van der Waals surface area (Å²) in [5, 5.41) is 2.96. The van der Waals surface area contributed by atoms with Gasteiger partial charge in [0.25, 0.3) is 5.91 Å². The highest BCUT2D eigenvalue weighted by molar-refractivity contribution is 7.89. The van der Waals surface area contributed by atoms with E-state index in [-0.39, 0.29) is 16.7 Å². The number of carbonyl (C=O) groups is 1. The molecule has 0 bridgehead atoms. The first-order chi connectivity index (χ1) is 13.0. The number of benzene rings is 2. The lowest BCUT2D eigenvalue weighted by molar-refractivity contribution is 0.0951. The Labute approximate surface area is 161 Å². The Morgan fingerprint density at radius 2 is 1.67 bits per heavy atom. The van der Waals surface area contributed by atoms with Crippen LogP contribution in [0.5, 0.6) is 0 Å². The molecule has 2 aromatic rings. The molecule has 1 unspecified atom stereocenters. The summed E-state index contributed by atoms with van der Waals surface area (Å²) in [5.74, 6) is 0.0690. The average Bonchev–Trinajstić information content (AvgIpc) is 3.25. The lowest BCUT2D eigenvalue weighted by Gasteiger charge is -2.17. The van der Waals surface area contributed by atoms with E-state index in [1.165, 1.54) is 22.0 Å². The van der Waals surface area contributed by atoms with E-state index >= 15 is 0 Å². The predicted molar refractivity (Wildman–Crippen MR) is 106 cm³/mol. The van der Waals surface area contributed by atoms with Crippen LogP contribution in [0.2, 0.25) is 0 Å². The fourth-order valence-electron chi connectivity index (χ4n) is 3.40. The Kier molecular flexibility index (Phi) is 6.29. The molecule has 1 aliphatic heterocycles. The van der Waals surface area contributed by atoms with E-state index in [4.69, 9.17) is 0 Å². The Bertz CT molecular complexity index is 858. The molecule has 0 spiro atoms. The van der Waals surface area contributed by atoms with Crippen molar-refractivity contribution in [2.45, 2.75) is 37.0 Å². The third kappa shape index (κ3) is 4.57. The molecule has 0 aromatic heterocycles. The largest absolute Gasteiger partial charge is 0.351 e. The van der Waals surface area contributed by atoms with E-state index in [9.17, 15) is 13.2 Å². The molecule has 0 radical (unpaired) electrons. The molecule has 27 heavy (non-hydrogen) atoms. The van der Waals surface area contributed by atoms with Crippen molar-refractivity contribution in [1.29, 1.82) is 0 Å². The monoisotopic (exact) mass is 386 g/mol. The van der Waals surface area contributed by atoms with Crippen LogP contribution in [0.15, 0.2) is 59.5 Å². The summed E-state index contributed by atoms with van der Waals surface area (Å²) < 4.78 is 26.6. The van der Waals surface area contributed by atoms with E-state index in [0.29, 0.717) is 25.2 Å². The number of hydrogen-bond donors (Lipinski definition) is 1. The maximum Gasteiger partial charge on any atom is 0.251 e. The number of hydrogen-bond acceptors (Lipinski definition) is 3. The molecule has 3 rings (SSSR count). The molecular weight excluding hydrogens is 360 g/mol. The minimum Gasteiger partial charge on any atom is -0.351 e. The van der Waals surface area contributed by atoms with Crippen LogP contribution < -0.4 is 5.32 Å². The first kappa shape index (κ1) is 19.6. The van der Waals surface area contributed by atoms with Gasteiger partial charge in [-0.15, -0.1) is 0 Å². The second kappa shape index (κ2) is 8.67. The molecule has 0 saturated carbocycles. The SMILES string of the molecule is CCC(CNC(=O)c1ccc(S(=O)(=O)N2CCCC2)cc1)c1ccccc1. The number of sulfonamides is 1. The van der Waals surface area contributed by atoms with Crippen LogP contribution in [-0.2, 0) is 10.0 Å². The molecular formula is C21H26N2O3S. The van der Waals surface area contributed by atoms with Crippen LogP contribution in [0.25, 0.3) is 0 Å². The summed E-state index contributed by atoms with van der Waals surface area (Å²) >= 11 is 0. The van der Waals surface area contributed by atoms with Gasteiger partial charge in [-0.1, -0.05) is 37.3 Å². The van der Waals surface area contributed by atoms with Gasteiger partial charge in [-0.2, -0.15) is 4.31 Å². The molecule has 1 heterocycles. The minimum absolute atomic E-state index is 0.186. The third-order valence-electron chi connectivity index (χ3n) is 5.09. The Morgan fingerprint density at radius 1 is 1.04 bits per heavy atom. The maximum absolute atomic E-state index is 12.6. The quantitative estimate of drug-likeness (QED) is 0.793. The maximum atomic E-state index is 12.6. The van der Waals surface area contributed by atoms with Gasteiger partial charge in [-0.05, 0) is 49.1 Å². The Hall–Kier alpha value is -2.18. The van der Waals surface area contributed by atoms with Gasteiger partial charge in [-0.25, -0.2) is 8.42 Å². The van der Waals surface area contributed by atoms with Crippen molar-refractivity contribution < 1.29 is 13.2 Å². The van der Waals surface area contributed by atoms with Crippen molar-refractivity contribution in [2.24, 2.45) is 0 Å². The van der Waals surface area contributed by atoms with Gasteiger partial charge >= 0.3 is 0 Å². The van der Waals surface area contributed by atoms with Crippen LogP contribution in [-0.4, -0.2) is 38.3 Å². The number of nitrogens with one attached hydrogen (secondary N) is 1. The number of nitrogens with zero attached hydrogens (tertiary/aromatic N) is 1. The highest BCUT2D eigenvalue weighted by Crippen LogP contribution is 2.21. The summed E-state index contributed by atoms with van der Waals surface area (Å²) in [4.78, 5) is 12.7. The standard InChI is InChI=1S/C21H26N2O3S/c1-2-17(18-8-4-3-5-9-18)16-22-21(24)19-10-12-20(13-11-19)27(25,26)23-14-6-7-15-23/h3-5,8-13,17H,2,6-7,14-16H2,1H3,(H,22,24). The molecule has 1 amide bonds. The summed E-state index contributed by atoms with van der Waals surface area (Å²) in [6, 6.07) is 16.3. The fourth-order valence-corrected chi connectivity index (χ4v) is 4.91. The van der Waals surface area contributed by atoms with Crippen LogP contribution in [0.1, 0.15) is 48.0 Å². The van der Waals surface area contributed by atoms with Gasteiger partial charge in [0.2, 0.25) is 10.0 Å². The van der Waals surface area contributed by atoms with Crippen LogP contribution >= 0.6 is 0 Å². The summed E-state index contributed by atoms with van der Waals surface area (Å²) in [6.45, 7) is 3.79. The highest BCUT2D eigenvalue weighted by atomic mass is 32.2. The Balaban J connectivity index is 1.64. The van der Waals surface area contributed by atoms with Crippen molar-refractivity contribution in [2.75, 3.05) is 19.6 Å². The second-order valence-electron chi connectivity index (χ2n) is 6.86. The van der Waals surface area contributed by atoms with Crippen LogP contribution in [0.4, 0.5) is 0 Å². The van der Waals surface area contributed by atoms with Crippen molar-refractivity contribution in [3.63, 3.8) is 0 Å². The Morgan fingerprint density at radius 3 is 2.26 bits per heavy atom. The molecule has 1 fully saturated rings. The normalized spacial score (nSPS) is 16.2. The van der Waals surface area contributed by atoms with E-state index in [0.717, 1.165) is 19.3 Å². The van der Waals surface area contributed by atoms with Crippen LogP contribution in [0.3, 0.4) is 0 Å². The third-order valence-corrected chi connectivity index (χ3v) is 7.00. The molecule has 0 aliphatic carbocycles. The molecule has 1 saturated heterocycles. The molecule has 2 aromatic carbocycles. The average molecular weight is 387 g/mol. The number of amides is 1. The molecule has 1 aliphatic rings. The topological polar surface area (TPSA) is 66.5 Å². The van der Waals surface area contributed by atoms with E-state index in [1.54, 1.807) is 12.1 Å². The number of rotatable bonds is 7. The van der Waals surface area contributed by atoms with Crippen molar-refractivity contribution in [3.05, 3.63) is 65.7 Å². The lowest BCUT2D eigenvalue weighted by atomic mass is 9.96. The first-order valence-electron chi connectivity index (χ1n) is 9.45. The van der Waals surface area contributed by atoms with Gasteiger partial charge in [0.05, 0.1) is 4.90 Å². The second-order valence-corrected chi connectivity index (χ2v) is 8.80. The van der Waals surface area contributed by atoms with Gasteiger partial charge in [0, 0.05) is 31.1 Å².